The summed E-state index contributed by atoms with van der Waals surface area (Å²) in [6.45, 7) is 7.45. The Morgan fingerprint density at radius 2 is 2.00 bits per heavy atom. The van der Waals surface area contributed by atoms with E-state index in [0.717, 1.165) is 6.54 Å². The van der Waals surface area contributed by atoms with E-state index in [-0.39, 0.29) is 0 Å². The first-order valence-corrected chi connectivity index (χ1v) is 6.48. The van der Waals surface area contributed by atoms with Gasteiger partial charge in [0, 0.05) is 31.5 Å². The number of nitrogens with one attached hydrogen (secondary N) is 1. The van der Waals surface area contributed by atoms with E-state index in [0.29, 0.717) is 6.04 Å². The van der Waals surface area contributed by atoms with Crippen LogP contribution in [-0.2, 0) is 13.6 Å². The fourth-order valence-electron chi connectivity index (χ4n) is 2.27. The van der Waals surface area contributed by atoms with E-state index >= 15 is 0 Å². The molecule has 0 aliphatic rings. The summed E-state index contributed by atoms with van der Waals surface area (Å²) in [5.74, 6) is 0. The summed E-state index contributed by atoms with van der Waals surface area (Å²) in [7, 11) is 2.08. The highest BCUT2D eigenvalue weighted by Gasteiger charge is 2.08. The predicted octanol–water partition coefficient (Wildman–Crippen LogP) is 3.49. The molecule has 18 heavy (non-hydrogen) atoms. The molecule has 0 fully saturated rings. The third-order valence-electron chi connectivity index (χ3n) is 3.54. The van der Waals surface area contributed by atoms with E-state index < -0.39 is 0 Å². The number of aromatic nitrogens is 1. The Kier molecular flexibility index (Phi) is 3.87. The summed E-state index contributed by atoms with van der Waals surface area (Å²) in [5, 5.41) is 3.59. The molecule has 2 aromatic rings. The van der Waals surface area contributed by atoms with Crippen LogP contribution in [0, 0.1) is 13.8 Å². The monoisotopic (exact) mass is 242 g/mol. The van der Waals surface area contributed by atoms with Crippen molar-refractivity contribution in [2.24, 2.45) is 7.05 Å². The lowest BCUT2D eigenvalue weighted by atomic mass is 10.00. The van der Waals surface area contributed by atoms with Gasteiger partial charge in [0.15, 0.2) is 0 Å². The minimum Gasteiger partial charge on any atom is -0.353 e. The molecular formula is C16H22N2. The maximum Gasteiger partial charge on any atom is 0.0364 e. The molecule has 0 saturated heterocycles. The molecule has 0 bridgehead atoms. The lowest BCUT2D eigenvalue weighted by molar-refractivity contribution is 0.555. The lowest BCUT2D eigenvalue weighted by Gasteiger charge is -2.17. The van der Waals surface area contributed by atoms with Crippen molar-refractivity contribution < 1.29 is 0 Å². The first-order chi connectivity index (χ1) is 8.58. The molecule has 0 amide bonds. The van der Waals surface area contributed by atoms with Crippen molar-refractivity contribution in [2.45, 2.75) is 33.4 Å². The van der Waals surface area contributed by atoms with E-state index in [1.54, 1.807) is 0 Å². The Bertz CT molecular complexity index is 526. The van der Waals surface area contributed by atoms with Crippen LogP contribution in [0.15, 0.2) is 36.5 Å². The summed E-state index contributed by atoms with van der Waals surface area (Å²) >= 11 is 0. The highest BCUT2D eigenvalue weighted by atomic mass is 15.0. The lowest BCUT2D eigenvalue weighted by Crippen LogP contribution is -2.20. The smallest absolute Gasteiger partial charge is 0.0364 e. The van der Waals surface area contributed by atoms with Gasteiger partial charge in [-0.1, -0.05) is 23.8 Å². The van der Waals surface area contributed by atoms with Crippen LogP contribution in [0.1, 0.15) is 35.3 Å². The quantitative estimate of drug-likeness (QED) is 0.868. The molecule has 1 unspecified atom stereocenters. The third kappa shape index (κ3) is 2.82. The average Bonchev–Trinajstić information content (AvgIpc) is 2.75. The van der Waals surface area contributed by atoms with E-state index in [1.165, 1.54) is 22.4 Å². The van der Waals surface area contributed by atoms with Gasteiger partial charge in [0.2, 0.25) is 0 Å². The second-order valence-corrected chi connectivity index (χ2v) is 5.07. The van der Waals surface area contributed by atoms with Gasteiger partial charge in [0.05, 0.1) is 0 Å². The van der Waals surface area contributed by atoms with Gasteiger partial charge in [-0.3, -0.25) is 0 Å². The van der Waals surface area contributed by atoms with Gasteiger partial charge in [-0.25, -0.2) is 0 Å². The maximum atomic E-state index is 3.59. The Morgan fingerprint density at radius 1 is 1.22 bits per heavy atom. The van der Waals surface area contributed by atoms with Crippen LogP contribution in [0.25, 0.3) is 0 Å². The first kappa shape index (κ1) is 12.9. The molecule has 0 saturated carbocycles. The molecule has 96 valence electrons. The van der Waals surface area contributed by atoms with Crippen LogP contribution in [0.4, 0.5) is 0 Å². The number of aryl methyl sites for hydroxylation is 3. The fourth-order valence-corrected chi connectivity index (χ4v) is 2.27. The standard InChI is InChI=1S/C16H22N2/c1-12-7-8-13(2)16(10-12)14(3)17-11-15-6-5-9-18(15)4/h5-10,14,17H,11H2,1-4H3. The number of rotatable bonds is 4. The van der Waals surface area contributed by atoms with E-state index in [4.69, 9.17) is 0 Å². The molecule has 2 nitrogen and oxygen atoms in total. The topological polar surface area (TPSA) is 17.0 Å². The zero-order valence-electron chi connectivity index (χ0n) is 11.7. The van der Waals surface area contributed by atoms with Crippen molar-refractivity contribution in [1.29, 1.82) is 0 Å². The minimum absolute atomic E-state index is 0.375. The van der Waals surface area contributed by atoms with Crippen LogP contribution < -0.4 is 5.32 Å². The number of benzene rings is 1. The molecular weight excluding hydrogens is 220 g/mol. The predicted molar refractivity (Wildman–Crippen MR) is 76.6 cm³/mol. The van der Waals surface area contributed by atoms with Crippen LogP contribution >= 0.6 is 0 Å². The zero-order chi connectivity index (χ0) is 13.1. The molecule has 0 radical (unpaired) electrons. The van der Waals surface area contributed by atoms with Gasteiger partial charge in [-0.05, 0) is 44.0 Å². The van der Waals surface area contributed by atoms with Crippen molar-refractivity contribution in [3.8, 4) is 0 Å². The van der Waals surface area contributed by atoms with Crippen LogP contribution in [-0.4, -0.2) is 4.57 Å². The third-order valence-corrected chi connectivity index (χ3v) is 3.54. The van der Waals surface area contributed by atoms with E-state index in [9.17, 15) is 0 Å². The largest absolute Gasteiger partial charge is 0.353 e. The molecule has 0 aliphatic carbocycles. The fraction of sp³-hybridized carbons (Fsp3) is 0.375. The number of hydrogen-bond donors (Lipinski definition) is 1. The molecule has 0 spiro atoms. The molecule has 1 aromatic carbocycles. The molecule has 1 N–H and O–H groups in total. The Hall–Kier alpha value is -1.54. The number of hydrogen-bond acceptors (Lipinski definition) is 1. The molecule has 1 heterocycles. The van der Waals surface area contributed by atoms with E-state index in [1.807, 2.05) is 0 Å². The van der Waals surface area contributed by atoms with Crippen molar-refractivity contribution in [2.75, 3.05) is 0 Å². The first-order valence-electron chi connectivity index (χ1n) is 6.48. The molecule has 2 heteroatoms. The summed E-state index contributed by atoms with van der Waals surface area (Å²) in [5.41, 5.74) is 5.38. The van der Waals surface area contributed by atoms with Crippen LogP contribution in [0.5, 0.6) is 0 Å². The van der Waals surface area contributed by atoms with Gasteiger partial charge in [-0.15, -0.1) is 0 Å². The SMILES string of the molecule is Cc1ccc(C)c(C(C)NCc2cccn2C)c1. The summed E-state index contributed by atoms with van der Waals surface area (Å²) in [6, 6.07) is 11.3. The summed E-state index contributed by atoms with van der Waals surface area (Å²) in [4.78, 5) is 0. The van der Waals surface area contributed by atoms with Crippen molar-refractivity contribution in [1.82, 2.24) is 9.88 Å². The second-order valence-electron chi connectivity index (χ2n) is 5.07. The highest BCUT2D eigenvalue weighted by molar-refractivity contribution is 5.32. The Morgan fingerprint density at radius 3 is 2.67 bits per heavy atom. The molecule has 1 aromatic heterocycles. The van der Waals surface area contributed by atoms with Crippen LogP contribution in [0.2, 0.25) is 0 Å². The van der Waals surface area contributed by atoms with Gasteiger partial charge >= 0.3 is 0 Å². The van der Waals surface area contributed by atoms with Crippen molar-refractivity contribution >= 4 is 0 Å². The van der Waals surface area contributed by atoms with Gasteiger partial charge < -0.3 is 9.88 Å². The Labute approximate surface area is 110 Å². The summed E-state index contributed by atoms with van der Waals surface area (Å²) in [6.07, 6.45) is 2.08. The maximum absolute atomic E-state index is 3.59. The second kappa shape index (κ2) is 5.40. The van der Waals surface area contributed by atoms with Crippen molar-refractivity contribution in [3.05, 3.63) is 58.9 Å². The minimum atomic E-state index is 0.375. The average molecular weight is 242 g/mol. The highest BCUT2D eigenvalue weighted by Crippen LogP contribution is 2.19. The van der Waals surface area contributed by atoms with Crippen LogP contribution in [0.3, 0.4) is 0 Å². The molecule has 0 aliphatic heterocycles. The van der Waals surface area contributed by atoms with Gasteiger partial charge in [-0.2, -0.15) is 0 Å². The zero-order valence-corrected chi connectivity index (χ0v) is 11.7. The van der Waals surface area contributed by atoms with Crippen molar-refractivity contribution in [3.63, 3.8) is 0 Å². The molecule has 1 atom stereocenters. The summed E-state index contributed by atoms with van der Waals surface area (Å²) < 4.78 is 2.16. The van der Waals surface area contributed by atoms with Gasteiger partial charge in [0.1, 0.15) is 0 Å². The van der Waals surface area contributed by atoms with E-state index in [2.05, 4.69) is 74.2 Å². The molecule has 2 rings (SSSR count). The normalized spacial score (nSPS) is 12.7. The number of nitrogens with zero attached hydrogens (tertiary/aromatic N) is 1. The van der Waals surface area contributed by atoms with Gasteiger partial charge in [0.25, 0.3) is 0 Å². The Balaban J connectivity index is 2.06.